The van der Waals surface area contributed by atoms with Gasteiger partial charge in [0.25, 0.3) is 0 Å². The van der Waals surface area contributed by atoms with Crippen molar-refractivity contribution in [2.24, 2.45) is 0 Å². The summed E-state index contributed by atoms with van der Waals surface area (Å²) in [4.78, 5) is 57.7. The fourth-order valence-corrected chi connectivity index (χ4v) is 7.28. The van der Waals surface area contributed by atoms with E-state index in [1.54, 1.807) is 36.2 Å². The molecule has 1 aromatic heterocycles. The second-order valence-electron chi connectivity index (χ2n) is 14.7. The van der Waals surface area contributed by atoms with E-state index >= 15 is 0 Å². The van der Waals surface area contributed by atoms with Crippen LogP contribution in [0, 0.1) is 0 Å². The lowest BCUT2D eigenvalue weighted by molar-refractivity contribution is -0.145. The molecule has 2 aliphatic heterocycles. The molecule has 3 heterocycles. The van der Waals surface area contributed by atoms with E-state index in [9.17, 15) is 14.4 Å². The van der Waals surface area contributed by atoms with Gasteiger partial charge in [-0.15, -0.1) is 0 Å². The number of rotatable bonds is 14. The van der Waals surface area contributed by atoms with Crippen molar-refractivity contribution in [2.45, 2.75) is 39.4 Å². The Labute approximate surface area is 331 Å². The highest BCUT2D eigenvalue weighted by Gasteiger charge is 2.34. The molecule has 11 nitrogen and oxygen atoms in total. The van der Waals surface area contributed by atoms with Crippen LogP contribution in [0.1, 0.15) is 36.1 Å². The van der Waals surface area contributed by atoms with E-state index in [0.717, 1.165) is 55.1 Å². The second-order valence-corrected chi connectivity index (χ2v) is 14.7. The van der Waals surface area contributed by atoms with Crippen molar-refractivity contribution >= 4 is 35.2 Å². The van der Waals surface area contributed by atoms with Crippen molar-refractivity contribution < 1.29 is 19.1 Å². The zero-order valence-electron chi connectivity index (χ0n) is 33.2. The molecule has 0 aliphatic carbocycles. The Balaban J connectivity index is 1.23. The van der Waals surface area contributed by atoms with Gasteiger partial charge in [0.15, 0.2) is 0 Å². The van der Waals surface area contributed by atoms with Crippen LogP contribution in [0.25, 0.3) is 6.08 Å². The Morgan fingerprint density at radius 2 is 1.43 bits per heavy atom. The molecule has 0 bridgehead atoms. The summed E-state index contributed by atoms with van der Waals surface area (Å²) in [6.45, 7) is 10.7. The molecule has 1 unspecified atom stereocenters. The Bertz CT molecular complexity index is 1900. The van der Waals surface area contributed by atoms with Crippen LogP contribution in [0.3, 0.4) is 0 Å². The molecule has 11 heteroatoms. The Morgan fingerprint density at radius 1 is 0.768 bits per heavy atom. The summed E-state index contributed by atoms with van der Waals surface area (Å²) in [7, 11) is 4.08. The van der Waals surface area contributed by atoms with Gasteiger partial charge in [-0.05, 0) is 65.6 Å². The van der Waals surface area contributed by atoms with E-state index in [4.69, 9.17) is 4.74 Å². The number of piperazine rings is 2. The zero-order valence-corrected chi connectivity index (χ0v) is 33.2. The van der Waals surface area contributed by atoms with Crippen molar-refractivity contribution in [1.29, 1.82) is 0 Å². The van der Waals surface area contributed by atoms with Crippen LogP contribution in [-0.4, -0.2) is 121 Å². The molecule has 0 N–H and O–H groups in total. The van der Waals surface area contributed by atoms with Gasteiger partial charge in [0.2, 0.25) is 23.6 Å². The molecule has 56 heavy (non-hydrogen) atoms. The second kappa shape index (κ2) is 19.3. The van der Waals surface area contributed by atoms with Gasteiger partial charge < -0.3 is 29.2 Å². The van der Waals surface area contributed by atoms with E-state index in [-0.39, 0.29) is 24.3 Å². The van der Waals surface area contributed by atoms with Crippen LogP contribution in [0.4, 0.5) is 11.4 Å². The van der Waals surface area contributed by atoms with Crippen molar-refractivity contribution in [3.05, 3.63) is 126 Å². The molecule has 1 atom stereocenters. The predicted octanol–water partition coefficient (Wildman–Crippen LogP) is 5.21. The summed E-state index contributed by atoms with van der Waals surface area (Å²) in [6.07, 6.45) is 5.36. The molecule has 2 fully saturated rings. The number of nitrogens with zero attached hydrogens (tertiary/aromatic N) is 7. The third kappa shape index (κ3) is 10.8. The summed E-state index contributed by atoms with van der Waals surface area (Å²) in [5, 5.41) is 0. The van der Waals surface area contributed by atoms with E-state index in [2.05, 4.69) is 56.1 Å². The van der Waals surface area contributed by atoms with Crippen LogP contribution in [-0.2, 0) is 33.9 Å². The number of pyridine rings is 1. The molecule has 0 saturated carbocycles. The normalized spacial score (nSPS) is 15.5. The highest BCUT2D eigenvalue weighted by Crippen LogP contribution is 2.23. The molecule has 4 aromatic rings. The standard InChI is InChI=1S/C45H55N7O4/c1-5-56-43-21-15-37(32-46-43)16-22-44(54)52(34-39-13-19-41(20-14-39)50-29-27-49(28-30-50)35(2)53)42(31-36-9-7-6-8-10-36)45(55)51-25-23-48(24-26-51)33-38-11-17-40(18-12-38)47(3)4/h6-22,32,42H,5,23-31,33-34H2,1-4H3. The smallest absolute Gasteiger partial charge is 0.247 e. The zero-order chi connectivity index (χ0) is 39.4. The number of hydrogen-bond donors (Lipinski definition) is 0. The van der Waals surface area contributed by atoms with Crippen LogP contribution in [0.2, 0.25) is 0 Å². The maximum Gasteiger partial charge on any atom is 0.247 e. The van der Waals surface area contributed by atoms with Crippen LogP contribution >= 0.6 is 0 Å². The number of anilines is 2. The van der Waals surface area contributed by atoms with Gasteiger partial charge in [0, 0.05) is 123 Å². The predicted molar refractivity (Wildman–Crippen MR) is 222 cm³/mol. The topological polar surface area (TPSA) is 92.8 Å². The third-order valence-electron chi connectivity index (χ3n) is 10.6. The molecule has 2 aliphatic rings. The average molecular weight is 758 g/mol. The number of carbonyl (C=O) groups excluding carboxylic acids is 3. The first kappa shape index (κ1) is 40.0. The van der Waals surface area contributed by atoms with E-state index in [1.165, 1.54) is 11.3 Å². The van der Waals surface area contributed by atoms with Crippen molar-refractivity contribution in [3.63, 3.8) is 0 Å². The SMILES string of the molecule is CCOc1ccc(C=CC(=O)N(Cc2ccc(N3CCN(C(C)=O)CC3)cc2)C(Cc2ccccc2)C(=O)N2CCN(Cc3ccc(N(C)C)cc3)CC2)cn1. The summed E-state index contributed by atoms with van der Waals surface area (Å²) in [6, 6.07) is 29.7. The van der Waals surface area contributed by atoms with Crippen LogP contribution in [0.5, 0.6) is 5.88 Å². The van der Waals surface area contributed by atoms with Gasteiger partial charge in [-0.25, -0.2) is 4.98 Å². The minimum atomic E-state index is -0.725. The number of ether oxygens (including phenoxy) is 1. The maximum atomic E-state index is 14.7. The number of amides is 3. The lowest BCUT2D eigenvalue weighted by atomic mass is 10.0. The Morgan fingerprint density at radius 3 is 2.04 bits per heavy atom. The summed E-state index contributed by atoms with van der Waals surface area (Å²) in [5.74, 6) is 0.327. The molecular weight excluding hydrogens is 703 g/mol. The number of aromatic nitrogens is 1. The number of carbonyl (C=O) groups is 3. The van der Waals surface area contributed by atoms with Gasteiger partial charge in [-0.1, -0.05) is 54.6 Å². The van der Waals surface area contributed by atoms with Gasteiger partial charge in [-0.3, -0.25) is 19.3 Å². The number of hydrogen-bond acceptors (Lipinski definition) is 8. The van der Waals surface area contributed by atoms with Crippen molar-refractivity contribution in [3.8, 4) is 5.88 Å². The minimum absolute atomic E-state index is 0.0479. The van der Waals surface area contributed by atoms with E-state index < -0.39 is 6.04 Å². The molecule has 2 saturated heterocycles. The lowest BCUT2D eigenvalue weighted by Gasteiger charge is -2.39. The lowest BCUT2D eigenvalue weighted by Crippen LogP contribution is -2.56. The van der Waals surface area contributed by atoms with Crippen LogP contribution < -0.4 is 14.5 Å². The fraction of sp³-hybridized carbons (Fsp3) is 0.378. The van der Waals surface area contributed by atoms with Crippen LogP contribution in [0.15, 0.2) is 103 Å². The highest BCUT2D eigenvalue weighted by molar-refractivity contribution is 5.95. The third-order valence-corrected chi connectivity index (χ3v) is 10.6. The van der Waals surface area contributed by atoms with Crippen molar-refractivity contribution in [1.82, 2.24) is 24.6 Å². The molecule has 3 amide bonds. The monoisotopic (exact) mass is 757 g/mol. The molecule has 0 radical (unpaired) electrons. The largest absolute Gasteiger partial charge is 0.478 e. The minimum Gasteiger partial charge on any atom is -0.478 e. The number of benzene rings is 3. The first-order chi connectivity index (χ1) is 27.2. The van der Waals surface area contributed by atoms with Gasteiger partial charge >= 0.3 is 0 Å². The molecular formula is C45H55N7O4. The Kier molecular flexibility index (Phi) is 13.8. The summed E-state index contributed by atoms with van der Waals surface area (Å²) in [5.41, 5.74) is 6.15. The van der Waals surface area contributed by atoms with Gasteiger partial charge in [-0.2, -0.15) is 0 Å². The molecule has 6 rings (SSSR count). The van der Waals surface area contributed by atoms with Crippen molar-refractivity contribution in [2.75, 3.05) is 82.9 Å². The molecule has 294 valence electrons. The average Bonchev–Trinajstić information content (AvgIpc) is 3.22. The Hall–Kier alpha value is -5.68. The molecule has 0 spiro atoms. The molecule has 3 aromatic carbocycles. The van der Waals surface area contributed by atoms with E-state index in [1.807, 2.05) is 79.3 Å². The fourth-order valence-electron chi connectivity index (χ4n) is 7.28. The van der Waals surface area contributed by atoms with E-state index in [0.29, 0.717) is 45.1 Å². The maximum absolute atomic E-state index is 14.7. The first-order valence-electron chi connectivity index (χ1n) is 19.6. The summed E-state index contributed by atoms with van der Waals surface area (Å²) >= 11 is 0. The first-order valence-corrected chi connectivity index (χ1v) is 19.6. The quantitative estimate of drug-likeness (QED) is 0.162. The highest BCUT2D eigenvalue weighted by atomic mass is 16.5. The summed E-state index contributed by atoms with van der Waals surface area (Å²) < 4.78 is 5.50. The van der Waals surface area contributed by atoms with Gasteiger partial charge in [0.05, 0.1) is 6.61 Å². The van der Waals surface area contributed by atoms with Gasteiger partial charge in [0.1, 0.15) is 6.04 Å².